The minimum Gasteiger partial charge on any atom is -0.480 e. The molecule has 2 rings (SSSR count). The number of carbonyl (C=O) groups excluding carboxylic acids is 1. The molecular formula is C20H30N2O3. The highest BCUT2D eigenvalue weighted by Crippen LogP contribution is 2.24. The maximum absolute atomic E-state index is 12.8. The van der Waals surface area contributed by atoms with E-state index in [0.717, 1.165) is 25.9 Å². The second-order valence-electron chi connectivity index (χ2n) is 7.67. The Labute approximate surface area is 150 Å². The van der Waals surface area contributed by atoms with Crippen molar-refractivity contribution in [1.82, 2.24) is 9.80 Å². The minimum atomic E-state index is -0.889. The van der Waals surface area contributed by atoms with Gasteiger partial charge in [0.1, 0.15) is 6.04 Å². The third kappa shape index (κ3) is 5.05. The molecule has 0 bridgehead atoms. The van der Waals surface area contributed by atoms with Gasteiger partial charge in [-0.3, -0.25) is 14.5 Å². The van der Waals surface area contributed by atoms with Crippen LogP contribution in [0.3, 0.4) is 0 Å². The molecule has 1 heterocycles. The van der Waals surface area contributed by atoms with Crippen LogP contribution < -0.4 is 0 Å². The number of hydrogen-bond donors (Lipinski definition) is 1. The van der Waals surface area contributed by atoms with Crippen LogP contribution >= 0.6 is 0 Å². The van der Waals surface area contributed by atoms with E-state index in [0.29, 0.717) is 29.5 Å². The van der Waals surface area contributed by atoms with E-state index in [1.165, 1.54) is 0 Å². The third-order valence-corrected chi connectivity index (χ3v) is 4.85. The number of nitrogens with zero attached hydrogens (tertiary/aromatic N) is 2. The average molecular weight is 346 g/mol. The van der Waals surface area contributed by atoms with Crippen molar-refractivity contribution in [3.63, 3.8) is 0 Å². The van der Waals surface area contributed by atoms with Gasteiger partial charge in [-0.15, -0.1) is 0 Å². The molecule has 0 spiro atoms. The Morgan fingerprint density at radius 2 is 1.92 bits per heavy atom. The molecule has 0 aromatic heterocycles. The molecule has 1 aromatic carbocycles. The van der Waals surface area contributed by atoms with Gasteiger partial charge in [0.05, 0.1) is 0 Å². The second-order valence-corrected chi connectivity index (χ2v) is 7.67. The lowest BCUT2D eigenvalue weighted by molar-refractivity contribution is -0.143. The van der Waals surface area contributed by atoms with Crippen molar-refractivity contribution in [1.29, 1.82) is 0 Å². The minimum absolute atomic E-state index is 0.00408. The number of aliphatic carboxylic acids is 1. The van der Waals surface area contributed by atoms with Crippen molar-refractivity contribution < 1.29 is 14.7 Å². The maximum atomic E-state index is 12.8. The first-order valence-corrected chi connectivity index (χ1v) is 9.12. The van der Waals surface area contributed by atoms with Crippen molar-refractivity contribution >= 4 is 11.9 Å². The first-order chi connectivity index (χ1) is 11.8. The number of carbonyl (C=O) groups is 2. The van der Waals surface area contributed by atoms with E-state index < -0.39 is 12.0 Å². The molecule has 1 aliphatic heterocycles. The molecule has 1 amide bonds. The van der Waals surface area contributed by atoms with Crippen molar-refractivity contribution in [3.8, 4) is 0 Å². The number of amides is 1. The molecule has 138 valence electrons. The van der Waals surface area contributed by atoms with Gasteiger partial charge in [-0.25, -0.2) is 0 Å². The van der Waals surface area contributed by atoms with Gasteiger partial charge in [-0.1, -0.05) is 32.9 Å². The number of carboxylic acids is 1. The second kappa shape index (κ2) is 8.48. The number of likely N-dealkylation sites (N-methyl/N-ethyl adjacent to an activating group) is 1. The quantitative estimate of drug-likeness (QED) is 0.859. The van der Waals surface area contributed by atoms with Gasteiger partial charge in [0.15, 0.2) is 0 Å². The van der Waals surface area contributed by atoms with E-state index in [-0.39, 0.29) is 5.91 Å². The summed E-state index contributed by atoms with van der Waals surface area (Å²) in [6.45, 7) is 8.57. The molecule has 0 aliphatic carbocycles. The fourth-order valence-corrected chi connectivity index (χ4v) is 3.50. The molecule has 5 heteroatoms. The molecule has 1 N–H and O–H groups in total. The Morgan fingerprint density at radius 1 is 1.28 bits per heavy atom. The molecule has 0 unspecified atom stereocenters. The zero-order valence-electron chi connectivity index (χ0n) is 15.7. The van der Waals surface area contributed by atoms with Crippen LogP contribution in [0.15, 0.2) is 24.3 Å². The summed E-state index contributed by atoms with van der Waals surface area (Å²) in [5, 5.41) is 9.68. The standard InChI is InChI=1S/C20H30N2O3/c1-14(2)13-21(4)18(20(24)25)16-6-5-7-17(12-16)19(23)22-10-8-15(3)9-11-22/h5-7,12,14-15,18H,8-11,13H2,1-4H3,(H,24,25)/t18-/m1/s1. The van der Waals surface area contributed by atoms with E-state index in [2.05, 4.69) is 20.8 Å². The lowest BCUT2D eigenvalue weighted by Crippen LogP contribution is -2.38. The van der Waals surface area contributed by atoms with Gasteiger partial charge in [0, 0.05) is 25.2 Å². The van der Waals surface area contributed by atoms with Crippen molar-refractivity contribution in [2.45, 2.75) is 39.7 Å². The predicted octanol–water partition coefficient (Wildman–Crippen LogP) is 3.27. The number of hydrogen-bond acceptors (Lipinski definition) is 3. The van der Waals surface area contributed by atoms with Crippen LogP contribution in [-0.4, -0.2) is 53.5 Å². The highest BCUT2D eigenvalue weighted by Gasteiger charge is 2.27. The molecule has 1 atom stereocenters. The Morgan fingerprint density at radius 3 is 2.48 bits per heavy atom. The summed E-state index contributed by atoms with van der Waals surface area (Å²) in [4.78, 5) is 28.3. The van der Waals surface area contributed by atoms with Crippen molar-refractivity contribution in [2.75, 3.05) is 26.7 Å². The number of benzene rings is 1. The highest BCUT2D eigenvalue weighted by atomic mass is 16.4. The summed E-state index contributed by atoms with van der Waals surface area (Å²) in [5.41, 5.74) is 1.24. The fraction of sp³-hybridized carbons (Fsp3) is 0.600. The fourth-order valence-electron chi connectivity index (χ4n) is 3.50. The summed E-state index contributed by atoms with van der Waals surface area (Å²) < 4.78 is 0. The lowest BCUT2D eigenvalue weighted by atomic mass is 9.97. The summed E-state index contributed by atoms with van der Waals surface area (Å²) in [5.74, 6) is 0.146. The topological polar surface area (TPSA) is 60.9 Å². The first kappa shape index (κ1) is 19.4. The monoisotopic (exact) mass is 346 g/mol. The van der Waals surface area contributed by atoms with Crippen molar-refractivity contribution in [2.24, 2.45) is 11.8 Å². The van der Waals surface area contributed by atoms with E-state index >= 15 is 0 Å². The number of piperidine rings is 1. The van der Waals surface area contributed by atoms with Gasteiger partial charge < -0.3 is 10.0 Å². The van der Waals surface area contributed by atoms with Gasteiger partial charge in [0.25, 0.3) is 5.91 Å². The summed E-state index contributed by atoms with van der Waals surface area (Å²) in [7, 11) is 1.82. The largest absolute Gasteiger partial charge is 0.480 e. The Bertz CT molecular complexity index is 607. The number of likely N-dealkylation sites (tertiary alicyclic amines) is 1. The van der Waals surface area contributed by atoms with E-state index in [4.69, 9.17) is 0 Å². The van der Waals surface area contributed by atoms with Crippen molar-refractivity contribution in [3.05, 3.63) is 35.4 Å². The Hall–Kier alpha value is -1.88. The van der Waals surface area contributed by atoms with Gasteiger partial charge in [-0.2, -0.15) is 0 Å². The SMILES string of the molecule is CC(C)CN(C)[C@@H](C(=O)O)c1cccc(C(=O)N2CCC(C)CC2)c1. The summed E-state index contributed by atoms with van der Waals surface area (Å²) in [6, 6.07) is 6.37. The van der Waals surface area contributed by atoms with Crippen LogP contribution in [0.1, 0.15) is 55.6 Å². The smallest absolute Gasteiger partial charge is 0.325 e. The molecule has 5 nitrogen and oxygen atoms in total. The van der Waals surface area contributed by atoms with Gasteiger partial charge in [0.2, 0.25) is 0 Å². The zero-order chi connectivity index (χ0) is 18.6. The van der Waals surface area contributed by atoms with Crippen LogP contribution in [0.5, 0.6) is 0 Å². The summed E-state index contributed by atoms with van der Waals surface area (Å²) in [6.07, 6.45) is 2.06. The number of rotatable bonds is 6. The van der Waals surface area contributed by atoms with Crippen LogP contribution in [-0.2, 0) is 4.79 Å². The van der Waals surface area contributed by atoms with E-state index in [1.54, 1.807) is 24.3 Å². The van der Waals surface area contributed by atoms with E-state index in [1.807, 2.05) is 16.8 Å². The Kier molecular flexibility index (Phi) is 6.59. The van der Waals surface area contributed by atoms with Crippen LogP contribution in [0.2, 0.25) is 0 Å². The first-order valence-electron chi connectivity index (χ1n) is 9.12. The van der Waals surface area contributed by atoms with Crippen LogP contribution in [0.4, 0.5) is 0 Å². The lowest BCUT2D eigenvalue weighted by Gasteiger charge is -2.31. The predicted molar refractivity (Wildman–Crippen MR) is 98.6 cm³/mol. The molecular weight excluding hydrogens is 316 g/mol. The van der Waals surface area contributed by atoms with Gasteiger partial charge >= 0.3 is 5.97 Å². The third-order valence-electron chi connectivity index (χ3n) is 4.85. The molecule has 1 fully saturated rings. The molecule has 0 radical (unpaired) electrons. The highest BCUT2D eigenvalue weighted by molar-refractivity contribution is 5.94. The van der Waals surface area contributed by atoms with Crippen LogP contribution in [0, 0.1) is 11.8 Å². The summed E-state index contributed by atoms with van der Waals surface area (Å²) >= 11 is 0. The Balaban J connectivity index is 2.21. The average Bonchev–Trinajstić information content (AvgIpc) is 2.54. The van der Waals surface area contributed by atoms with E-state index in [9.17, 15) is 14.7 Å². The molecule has 1 aromatic rings. The normalized spacial score (nSPS) is 17.1. The maximum Gasteiger partial charge on any atom is 0.325 e. The molecule has 0 saturated carbocycles. The molecule has 1 saturated heterocycles. The zero-order valence-corrected chi connectivity index (χ0v) is 15.7. The molecule has 1 aliphatic rings. The molecule has 25 heavy (non-hydrogen) atoms. The van der Waals surface area contributed by atoms with Gasteiger partial charge in [-0.05, 0) is 49.4 Å². The number of carboxylic acid groups (broad SMARTS) is 1. The van der Waals surface area contributed by atoms with Crippen LogP contribution in [0.25, 0.3) is 0 Å².